The molecular weight excluding hydrogens is 394 g/mol. The largest absolute Gasteiger partial charge is 0.493 e. The van der Waals surface area contributed by atoms with Gasteiger partial charge in [0, 0.05) is 11.3 Å². The topological polar surface area (TPSA) is 121 Å². The highest BCUT2D eigenvalue weighted by Gasteiger charge is 2.23. The predicted molar refractivity (Wildman–Crippen MR) is 105 cm³/mol. The zero-order valence-electron chi connectivity index (χ0n) is 17.2. The van der Waals surface area contributed by atoms with Gasteiger partial charge in [0.25, 0.3) is 0 Å². The number of nitrogens with one attached hydrogen (secondary N) is 1. The fourth-order valence-electron chi connectivity index (χ4n) is 2.81. The number of hydrogen-bond acceptors (Lipinski definition) is 8. The van der Waals surface area contributed by atoms with Crippen molar-refractivity contribution in [2.24, 2.45) is 0 Å². The Morgan fingerprint density at radius 2 is 1.80 bits per heavy atom. The van der Waals surface area contributed by atoms with Crippen molar-refractivity contribution in [3.05, 3.63) is 46.3 Å². The first-order valence-electron chi connectivity index (χ1n) is 9.13. The second kappa shape index (κ2) is 10.2. The molecule has 0 radical (unpaired) electrons. The fourth-order valence-corrected chi connectivity index (χ4v) is 2.81. The lowest BCUT2D eigenvalue weighted by molar-refractivity contribution is -0.144. The Hall–Kier alpha value is -3.62. The molecule has 0 unspecified atom stereocenters. The fraction of sp³-hybridized carbons (Fsp3) is 0.333. The van der Waals surface area contributed by atoms with Gasteiger partial charge in [0.15, 0.2) is 24.7 Å². The van der Waals surface area contributed by atoms with Crippen molar-refractivity contribution in [2.75, 3.05) is 26.9 Å². The zero-order valence-corrected chi connectivity index (χ0v) is 17.2. The van der Waals surface area contributed by atoms with Gasteiger partial charge in [-0.15, -0.1) is 0 Å². The van der Waals surface area contributed by atoms with Crippen LogP contribution in [0.3, 0.4) is 0 Å². The molecule has 0 bridgehead atoms. The van der Waals surface area contributed by atoms with Crippen LogP contribution in [-0.2, 0) is 14.3 Å². The lowest BCUT2D eigenvalue weighted by atomic mass is 10.1. The average Bonchev–Trinajstić information content (AvgIpc) is 3.04. The third kappa shape index (κ3) is 5.25. The average molecular weight is 417 g/mol. The number of hydrogen-bond donors (Lipinski definition) is 1. The van der Waals surface area contributed by atoms with Crippen molar-refractivity contribution >= 4 is 24.0 Å². The van der Waals surface area contributed by atoms with E-state index in [2.05, 4.69) is 4.98 Å². The molecule has 2 aromatic rings. The molecule has 30 heavy (non-hydrogen) atoms. The maximum atomic E-state index is 12.4. The van der Waals surface area contributed by atoms with Crippen LogP contribution in [0.4, 0.5) is 0 Å². The third-order valence-corrected chi connectivity index (χ3v) is 4.23. The summed E-state index contributed by atoms with van der Waals surface area (Å²) in [6.07, 6.45) is 0.657. The molecule has 1 heterocycles. The molecule has 0 atom stereocenters. The number of aldehydes is 1. The van der Waals surface area contributed by atoms with Crippen LogP contribution in [0.1, 0.15) is 49.4 Å². The van der Waals surface area contributed by atoms with E-state index in [4.69, 9.17) is 18.9 Å². The first-order valence-corrected chi connectivity index (χ1v) is 9.13. The summed E-state index contributed by atoms with van der Waals surface area (Å²) in [5, 5.41) is 0. The number of esters is 2. The molecule has 0 aliphatic rings. The highest BCUT2D eigenvalue weighted by molar-refractivity contribution is 6.02. The molecule has 0 spiro atoms. The van der Waals surface area contributed by atoms with E-state index in [1.165, 1.54) is 25.3 Å². The van der Waals surface area contributed by atoms with Gasteiger partial charge in [0.2, 0.25) is 5.78 Å². The van der Waals surface area contributed by atoms with Gasteiger partial charge in [-0.3, -0.25) is 9.59 Å². The molecular formula is C21H23NO8. The van der Waals surface area contributed by atoms with Crippen LogP contribution >= 0.6 is 0 Å². The molecule has 0 saturated carbocycles. The number of ketones is 1. The van der Waals surface area contributed by atoms with Crippen LogP contribution in [0.15, 0.2) is 18.2 Å². The number of rotatable bonds is 10. The van der Waals surface area contributed by atoms with Crippen LogP contribution in [0, 0.1) is 13.8 Å². The minimum Gasteiger partial charge on any atom is -0.493 e. The van der Waals surface area contributed by atoms with Crippen molar-refractivity contribution in [1.29, 1.82) is 0 Å². The highest BCUT2D eigenvalue weighted by atomic mass is 16.6. The molecule has 0 fully saturated rings. The minimum atomic E-state index is -0.767. The Balaban J connectivity index is 1.96. The van der Waals surface area contributed by atoms with E-state index in [-0.39, 0.29) is 23.8 Å². The zero-order chi connectivity index (χ0) is 22.3. The van der Waals surface area contributed by atoms with Crippen LogP contribution in [-0.4, -0.2) is 55.9 Å². The van der Waals surface area contributed by atoms with Gasteiger partial charge in [-0.25, -0.2) is 9.59 Å². The van der Waals surface area contributed by atoms with Gasteiger partial charge < -0.3 is 23.9 Å². The van der Waals surface area contributed by atoms with Gasteiger partial charge in [0.1, 0.15) is 6.29 Å². The summed E-state index contributed by atoms with van der Waals surface area (Å²) < 4.78 is 20.4. The van der Waals surface area contributed by atoms with E-state index in [9.17, 15) is 19.2 Å². The number of Topliss-reactive ketones (excluding diaryl/α,β-unsaturated/α-hetero) is 1. The second-order valence-electron chi connectivity index (χ2n) is 6.25. The summed E-state index contributed by atoms with van der Waals surface area (Å²) in [5.74, 6) is -1.25. The molecule has 9 heteroatoms. The molecule has 0 aliphatic carbocycles. The second-order valence-corrected chi connectivity index (χ2v) is 6.25. The van der Waals surface area contributed by atoms with Gasteiger partial charge in [-0.2, -0.15) is 0 Å². The molecule has 9 nitrogen and oxygen atoms in total. The maximum absolute atomic E-state index is 12.4. The summed E-state index contributed by atoms with van der Waals surface area (Å²) in [7, 11) is 1.40. The minimum absolute atomic E-state index is 0.176. The molecule has 0 amide bonds. The number of carbonyl (C=O) groups excluding carboxylic acids is 4. The first kappa shape index (κ1) is 22.7. The number of aromatic amines is 1. The van der Waals surface area contributed by atoms with E-state index in [0.29, 0.717) is 28.7 Å². The van der Waals surface area contributed by atoms with Crippen LogP contribution in [0.25, 0.3) is 0 Å². The Kier molecular flexibility index (Phi) is 7.74. The van der Waals surface area contributed by atoms with Gasteiger partial charge in [-0.1, -0.05) is 0 Å². The first-order chi connectivity index (χ1) is 14.3. The standard InChI is InChI=1S/C21H23NO8/c1-5-28-21(26)19-12(2)20(22-13(19)3)15(24)10-30-18(25)11-29-16-7-6-14(9-23)8-17(16)27-4/h6-9,22H,5,10-11H2,1-4H3. The quantitative estimate of drug-likeness (QED) is 0.355. The number of ether oxygens (including phenoxy) is 4. The molecule has 1 N–H and O–H groups in total. The monoisotopic (exact) mass is 417 g/mol. The molecule has 0 aliphatic heterocycles. The number of aryl methyl sites for hydroxylation is 1. The summed E-state index contributed by atoms with van der Waals surface area (Å²) in [5.41, 5.74) is 1.79. The number of benzene rings is 1. The van der Waals surface area contributed by atoms with Gasteiger partial charge >= 0.3 is 11.9 Å². The van der Waals surface area contributed by atoms with Gasteiger partial charge in [-0.05, 0) is 44.5 Å². The Labute approximate surface area is 173 Å². The van der Waals surface area contributed by atoms with Crippen molar-refractivity contribution in [1.82, 2.24) is 4.98 Å². The van der Waals surface area contributed by atoms with E-state index < -0.39 is 30.9 Å². The highest BCUT2D eigenvalue weighted by Crippen LogP contribution is 2.27. The van der Waals surface area contributed by atoms with E-state index in [1.54, 1.807) is 20.8 Å². The summed E-state index contributed by atoms with van der Waals surface area (Å²) in [6, 6.07) is 4.47. The molecule has 1 aromatic heterocycles. The SMILES string of the molecule is CCOC(=O)c1c(C)[nH]c(C(=O)COC(=O)COc2ccc(C=O)cc2OC)c1C. The van der Waals surface area contributed by atoms with Crippen LogP contribution in [0.5, 0.6) is 11.5 Å². The lowest BCUT2D eigenvalue weighted by Crippen LogP contribution is -2.20. The number of aromatic nitrogens is 1. The van der Waals surface area contributed by atoms with Crippen molar-refractivity contribution in [3.8, 4) is 11.5 Å². The van der Waals surface area contributed by atoms with Crippen LogP contribution < -0.4 is 9.47 Å². The number of methoxy groups -OCH3 is 1. The van der Waals surface area contributed by atoms with Crippen molar-refractivity contribution < 1.29 is 38.1 Å². The van der Waals surface area contributed by atoms with Gasteiger partial charge in [0.05, 0.1) is 25.0 Å². The van der Waals surface area contributed by atoms with Crippen LogP contribution in [0.2, 0.25) is 0 Å². The Morgan fingerprint density at radius 3 is 2.43 bits per heavy atom. The molecule has 160 valence electrons. The Morgan fingerprint density at radius 1 is 1.07 bits per heavy atom. The molecule has 2 rings (SSSR count). The van der Waals surface area contributed by atoms with Crippen molar-refractivity contribution in [2.45, 2.75) is 20.8 Å². The molecule has 0 saturated heterocycles. The summed E-state index contributed by atoms with van der Waals surface area (Å²) >= 11 is 0. The summed E-state index contributed by atoms with van der Waals surface area (Å²) in [6.45, 7) is 4.19. The molecule has 1 aromatic carbocycles. The Bertz CT molecular complexity index is 960. The number of carbonyl (C=O) groups is 4. The third-order valence-electron chi connectivity index (χ3n) is 4.23. The van der Waals surface area contributed by atoms with E-state index in [0.717, 1.165) is 0 Å². The predicted octanol–water partition coefficient (Wildman–Crippen LogP) is 2.43. The van der Waals surface area contributed by atoms with Crippen molar-refractivity contribution in [3.63, 3.8) is 0 Å². The van der Waals surface area contributed by atoms with E-state index >= 15 is 0 Å². The number of H-pyrrole nitrogens is 1. The summed E-state index contributed by atoms with van der Waals surface area (Å²) in [4.78, 5) is 50.0. The smallest absolute Gasteiger partial charge is 0.344 e. The maximum Gasteiger partial charge on any atom is 0.344 e. The normalized spacial score (nSPS) is 10.3. The van der Waals surface area contributed by atoms with E-state index in [1.807, 2.05) is 0 Å². The lowest BCUT2D eigenvalue weighted by Gasteiger charge is -2.10.